The summed E-state index contributed by atoms with van der Waals surface area (Å²) >= 11 is 0. The first kappa shape index (κ1) is 10.9. The fourth-order valence-corrected chi connectivity index (χ4v) is 2.74. The zero-order chi connectivity index (χ0) is 10.7. The molecule has 15 heavy (non-hydrogen) atoms. The minimum absolute atomic E-state index is 0.520. The molecule has 2 aliphatic rings. The van der Waals surface area contributed by atoms with Gasteiger partial charge in [-0.25, -0.2) is 0 Å². The summed E-state index contributed by atoms with van der Waals surface area (Å²) in [6.07, 6.45) is 5.10. The highest BCUT2D eigenvalue weighted by molar-refractivity contribution is 5.81. The monoisotopic (exact) mass is 210 g/mol. The Hall–Kier alpha value is -0.570. The van der Waals surface area contributed by atoms with Crippen LogP contribution in [-0.2, 0) is 4.74 Å². The van der Waals surface area contributed by atoms with Crippen molar-refractivity contribution in [3.05, 3.63) is 0 Å². The predicted octanol–water partition coefficient (Wildman–Crippen LogP) is 2.12. The maximum Gasteiger partial charge on any atom is 0.0991 e. The number of ether oxygens (including phenoxy) is 1. The van der Waals surface area contributed by atoms with Crippen LogP contribution < -0.4 is 0 Å². The highest BCUT2D eigenvalue weighted by Crippen LogP contribution is 2.30. The fraction of sp³-hybridized carbons (Fsp3) is 0.917. The number of hydrogen-bond donors (Lipinski definition) is 1. The van der Waals surface area contributed by atoms with Gasteiger partial charge in [0.1, 0.15) is 0 Å². The van der Waals surface area contributed by atoms with Gasteiger partial charge in [0.2, 0.25) is 0 Å². The summed E-state index contributed by atoms with van der Waals surface area (Å²) in [6.45, 7) is 5.75. The van der Waals surface area contributed by atoms with Gasteiger partial charge in [-0.3, -0.25) is 5.41 Å². The highest BCUT2D eigenvalue weighted by Gasteiger charge is 2.26. The van der Waals surface area contributed by atoms with Gasteiger partial charge in [-0.1, -0.05) is 19.8 Å². The van der Waals surface area contributed by atoms with Crippen LogP contribution in [0.15, 0.2) is 0 Å². The second-order valence-electron chi connectivity index (χ2n) is 4.95. The van der Waals surface area contributed by atoms with E-state index in [1.165, 1.54) is 25.7 Å². The second-order valence-corrected chi connectivity index (χ2v) is 4.95. The SMILES string of the molecule is CC1CCCC(C(=N)N2CCOCC2)C1. The topological polar surface area (TPSA) is 36.3 Å². The van der Waals surface area contributed by atoms with Gasteiger partial charge in [-0.2, -0.15) is 0 Å². The number of nitrogens with zero attached hydrogens (tertiary/aromatic N) is 1. The molecule has 2 unspecified atom stereocenters. The van der Waals surface area contributed by atoms with E-state index < -0.39 is 0 Å². The van der Waals surface area contributed by atoms with Crippen LogP contribution in [0, 0.1) is 17.2 Å². The van der Waals surface area contributed by atoms with E-state index in [-0.39, 0.29) is 0 Å². The first-order valence-corrected chi connectivity index (χ1v) is 6.18. The molecule has 1 heterocycles. The van der Waals surface area contributed by atoms with Gasteiger partial charge in [0.15, 0.2) is 0 Å². The van der Waals surface area contributed by atoms with Crippen molar-refractivity contribution in [1.82, 2.24) is 4.90 Å². The van der Waals surface area contributed by atoms with Crippen molar-refractivity contribution in [2.45, 2.75) is 32.6 Å². The zero-order valence-corrected chi connectivity index (χ0v) is 9.67. The smallest absolute Gasteiger partial charge is 0.0991 e. The van der Waals surface area contributed by atoms with Gasteiger partial charge in [-0.15, -0.1) is 0 Å². The predicted molar refractivity (Wildman–Crippen MR) is 61.2 cm³/mol. The van der Waals surface area contributed by atoms with Crippen LogP contribution in [0.1, 0.15) is 32.6 Å². The molecule has 0 amide bonds. The third-order valence-electron chi connectivity index (χ3n) is 3.67. The molecule has 3 heteroatoms. The average molecular weight is 210 g/mol. The third-order valence-corrected chi connectivity index (χ3v) is 3.67. The summed E-state index contributed by atoms with van der Waals surface area (Å²) in [5.74, 6) is 2.21. The molecule has 0 aromatic heterocycles. The van der Waals surface area contributed by atoms with Crippen molar-refractivity contribution in [2.24, 2.45) is 11.8 Å². The molecule has 0 radical (unpaired) electrons. The van der Waals surface area contributed by atoms with Crippen LogP contribution in [0.4, 0.5) is 0 Å². The Balaban J connectivity index is 1.88. The molecule has 86 valence electrons. The number of nitrogens with one attached hydrogen (secondary N) is 1. The molecule has 1 aliphatic heterocycles. The fourth-order valence-electron chi connectivity index (χ4n) is 2.74. The van der Waals surface area contributed by atoms with Crippen molar-refractivity contribution in [1.29, 1.82) is 5.41 Å². The highest BCUT2D eigenvalue weighted by atomic mass is 16.5. The molecule has 3 nitrogen and oxygen atoms in total. The van der Waals surface area contributed by atoms with E-state index in [0.29, 0.717) is 5.92 Å². The minimum atomic E-state index is 0.520. The van der Waals surface area contributed by atoms with Crippen LogP contribution in [0.5, 0.6) is 0 Å². The Bertz CT molecular complexity index is 224. The van der Waals surface area contributed by atoms with Crippen LogP contribution in [0.25, 0.3) is 0 Å². The van der Waals surface area contributed by atoms with Crippen molar-refractivity contribution in [3.8, 4) is 0 Å². The summed E-state index contributed by atoms with van der Waals surface area (Å²) in [5.41, 5.74) is 0. The van der Waals surface area contributed by atoms with Gasteiger partial charge in [0.25, 0.3) is 0 Å². The van der Waals surface area contributed by atoms with Gasteiger partial charge < -0.3 is 9.64 Å². The molecular formula is C12H22N2O. The summed E-state index contributed by atoms with van der Waals surface area (Å²) in [5, 5.41) is 8.24. The number of amidine groups is 1. The van der Waals surface area contributed by atoms with Gasteiger partial charge in [-0.05, 0) is 18.8 Å². The van der Waals surface area contributed by atoms with E-state index >= 15 is 0 Å². The van der Waals surface area contributed by atoms with Crippen LogP contribution in [-0.4, -0.2) is 37.0 Å². The lowest BCUT2D eigenvalue weighted by Gasteiger charge is -2.35. The molecule has 1 aliphatic carbocycles. The largest absolute Gasteiger partial charge is 0.378 e. The molecule has 0 spiro atoms. The molecule has 2 rings (SSSR count). The van der Waals surface area contributed by atoms with E-state index in [0.717, 1.165) is 38.1 Å². The Kier molecular flexibility index (Phi) is 3.62. The molecule has 2 fully saturated rings. The summed E-state index contributed by atoms with van der Waals surface area (Å²) in [7, 11) is 0. The van der Waals surface area contributed by atoms with Gasteiger partial charge >= 0.3 is 0 Å². The van der Waals surface area contributed by atoms with E-state index in [9.17, 15) is 0 Å². The minimum Gasteiger partial charge on any atom is -0.378 e. The molecule has 1 saturated carbocycles. The third kappa shape index (κ3) is 2.71. The normalized spacial score (nSPS) is 32.7. The summed E-state index contributed by atoms with van der Waals surface area (Å²) in [6, 6.07) is 0. The number of morpholine rings is 1. The van der Waals surface area contributed by atoms with Gasteiger partial charge in [0.05, 0.1) is 19.0 Å². The first-order chi connectivity index (χ1) is 7.27. The van der Waals surface area contributed by atoms with Crippen LogP contribution >= 0.6 is 0 Å². The molecule has 0 aromatic rings. The van der Waals surface area contributed by atoms with Crippen molar-refractivity contribution < 1.29 is 4.74 Å². The number of hydrogen-bond acceptors (Lipinski definition) is 2. The summed E-state index contributed by atoms with van der Waals surface area (Å²) < 4.78 is 5.32. The first-order valence-electron chi connectivity index (χ1n) is 6.18. The maximum atomic E-state index is 8.24. The lowest BCUT2D eigenvalue weighted by molar-refractivity contribution is 0.0644. The Labute approximate surface area is 92.3 Å². The number of rotatable bonds is 1. The maximum absolute atomic E-state index is 8.24. The molecule has 0 aromatic carbocycles. The molecule has 2 atom stereocenters. The van der Waals surface area contributed by atoms with Crippen LogP contribution in [0.2, 0.25) is 0 Å². The van der Waals surface area contributed by atoms with E-state index in [4.69, 9.17) is 10.1 Å². The van der Waals surface area contributed by atoms with Crippen molar-refractivity contribution >= 4 is 5.84 Å². The lowest BCUT2D eigenvalue weighted by atomic mass is 9.81. The summed E-state index contributed by atoms with van der Waals surface area (Å²) in [4.78, 5) is 2.21. The Morgan fingerprint density at radius 1 is 1.27 bits per heavy atom. The van der Waals surface area contributed by atoms with E-state index in [1.807, 2.05) is 0 Å². The van der Waals surface area contributed by atoms with Crippen LogP contribution in [0.3, 0.4) is 0 Å². The quantitative estimate of drug-likeness (QED) is 0.531. The average Bonchev–Trinajstić information content (AvgIpc) is 2.29. The standard InChI is InChI=1S/C12H22N2O/c1-10-3-2-4-11(9-10)12(13)14-5-7-15-8-6-14/h10-11,13H,2-9H2,1H3. The van der Waals surface area contributed by atoms with E-state index in [1.54, 1.807) is 0 Å². The van der Waals surface area contributed by atoms with Crippen molar-refractivity contribution in [3.63, 3.8) is 0 Å². The molecule has 1 saturated heterocycles. The molecule has 0 bridgehead atoms. The zero-order valence-electron chi connectivity index (χ0n) is 9.67. The molecular weight excluding hydrogens is 188 g/mol. The van der Waals surface area contributed by atoms with Gasteiger partial charge in [0, 0.05) is 19.0 Å². The second kappa shape index (κ2) is 4.97. The Morgan fingerprint density at radius 3 is 2.67 bits per heavy atom. The lowest BCUT2D eigenvalue weighted by Crippen LogP contribution is -2.44. The Morgan fingerprint density at radius 2 is 2.00 bits per heavy atom. The molecule has 1 N–H and O–H groups in total. The van der Waals surface area contributed by atoms with Crippen molar-refractivity contribution in [2.75, 3.05) is 26.3 Å². The van der Waals surface area contributed by atoms with E-state index in [2.05, 4.69) is 11.8 Å².